The molecule has 0 radical (unpaired) electrons. The summed E-state index contributed by atoms with van der Waals surface area (Å²) in [4.78, 5) is 35.2. The van der Waals surface area contributed by atoms with Gasteiger partial charge in [0.05, 0.1) is 5.41 Å². The molecule has 0 spiro atoms. The van der Waals surface area contributed by atoms with E-state index in [1.807, 2.05) is 0 Å². The Morgan fingerprint density at radius 1 is 1.04 bits per heavy atom. The minimum Gasteiger partial charge on any atom is -0.460 e. The second-order valence-electron chi connectivity index (χ2n) is 7.77. The van der Waals surface area contributed by atoms with Crippen LogP contribution < -0.4 is 16.8 Å². The monoisotopic (exact) mass is 329 g/mol. The predicted octanol–water partition coefficient (Wildman–Crippen LogP) is 1.34. The molecule has 0 saturated carbocycles. The van der Waals surface area contributed by atoms with E-state index in [4.69, 9.17) is 16.2 Å². The highest BCUT2D eigenvalue weighted by atomic mass is 16.5. The maximum atomic E-state index is 12.4. The number of hydrogen-bond donors (Lipinski definition) is 3. The molecule has 0 rings (SSSR count). The molecule has 0 saturated heterocycles. The molecule has 7 nitrogen and oxygen atoms in total. The van der Waals surface area contributed by atoms with Crippen LogP contribution in [-0.4, -0.2) is 36.5 Å². The maximum Gasteiger partial charge on any atom is 0.312 e. The van der Waals surface area contributed by atoms with E-state index in [1.54, 1.807) is 41.5 Å². The van der Waals surface area contributed by atoms with Gasteiger partial charge in [-0.05, 0) is 33.6 Å². The van der Waals surface area contributed by atoms with Crippen molar-refractivity contribution in [2.24, 2.45) is 22.3 Å². The standard InChI is InChI=1S/C16H31N3O4/c1-15(2,3)12(20)11(17)10(8-7-9-19-14(18)22)23-13(21)16(4,5)6/h10-11H,7-9,17H2,1-6H3,(H3,18,19,22). The third-order valence-corrected chi connectivity index (χ3v) is 3.28. The summed E-state index contributed by atoms with van der Waals surface area (Å²) in [5, 5.41) is 2.46. The molecular weight excluding hydrogens is 298 g/mol. The van der Waals surface area contributed by atoms with Gasteiger partial charge in [0.15, 0.2) is 5.78 Å². The van der Waals surface area contributed by atoms with Crippen molar-refractivity contribution in [1.29, 1.82) is 0 Å². The van der Waals surface area contributed by atoms with E-state index in [0.29, 0.717) is 19.4 Å². The van der Waals surface area contributed by atoms with E-state index < -0.39 is 35.0 Å². The lowest BCUT2D eigenvalue weighted by Crippen LogP contribution is -2.50. The van der Waals surface area contributed by atoms with Crippen LogP contribution in [0, 0.1) is 10.8 Å². The fraction of sp³-hybridized carbons (Fsp3) is 0.812. The first-order chi connectivity index (χ1) is 10.3. The molecular formula is C16H31N3O4. The molecule has 2 amide bonds. The smallest absolute Gasteiger partial charge is 0.312 e. The highest BCUT2D eigenvalue weighted by molar-refractivity contribution is 5.89. The van der Waals surface area contributed by atoms with Gasteiger partial charge in [0.2, 0.25) is 0 Å². The molecule has 0 heterocycles. The lowest BCUT2D eigenvalue weighted by molar-refractivity contribution is -0.161. The van der Waals surface area contributed by atoms with Crippen molar-refractivity contribution in [1.82, 2.24) is 5.32 Å². The molecule has 0 aliphatic carbocycles. The number of urea groups is 1. The van der Waals surface area contributed by atoms with Crippen molar-refractivity contribution < 1.29 is 19.1 Å². The summed E-state index contributed by atoms with van der Waals surface area (Å²) >= 11 is 0. The molecule has 134 valence electrons. The van der Waals surface area contributed by atoms with E-state index in [9.17, 15) is 14.4 Å². The van der Waals surface area contributed by atoms with Gasteiger partial charge in [0.25, 0.3) is 0 Å². The van der Waals surface area contributed by atoms with Crippen LogP contribution in [0.3, 0.4) is 0 Å². The zero-order valence-corrected chi connectivity index (χ0v) is 15.1. The Labute approximate surface area is 138 Å². The van der Waals surface area contributed by atoms with Gasteiger partial charge >= 0.3 is 12.0 Å². The minimum atomic E-state index is -0.908. The molecule has 2 unspecified atom stereocenters. The van der Waals surface area contributed by atoms with Gasteiger partial charge in [-0.15, -0.1) is 0 Å². The number of nitrogens with one attached hydrogen (secondary N) is 1. The van der Waals surface area contributed by atoms with Crippen LogP contribution in [0.5, 0.6) is 0 Å². The molecule has 0 aromatic carbocycles. The van der Waals surface area contributed by atoms with Crippen molar-refractivity contribution >= 4 is 17.8 Å². The van der Waals surface area contributed by atoms with Crippen molar-refractivity contribution in [2.75, 3.05) is 6.54 Å². The van der Waals surface area contributed by atoms with Gasteiger partial charge < -0.3 is 21.5 Å². The number of ether oxygens (including phenoxy) is 1. The van der Waals surface area contributed by atoms with Gasteiger partial charge in [-0.2, -0.15) is 0 Å². The van der Waals surface area contributed by atoms with Crippen LogP contribution >= 0.6 is 0 Å². The Bertz CT molecular complexity index is 436. The van der Waals surface area contributed by atoms with Crippen molar-refractivity contribution in [3.8, 4) is 0 Å². The number of primary amides is 1. The second-order valence-corrected chi connectivity index (χ2v) is 7.77. The number of carbonyl (C=O) groups excluding carboxylic acids is 3. The number of ketones is 1. The van der Waals surface area contributed by atoms with Gasteiger partial charge in [0, 0.05) is 12.0 Å². The van der Waals surface area contributed by atoms with Gasteiger partial charge in [-0.3, -0.25) is 9.59 Å². The molecule has 7 heteroatoms. The first-order valence-electron chi connectivity index (χ1n) is 7.81. The average molecular weight is 329 g/mol. The van der Waals surface area contributed by atoms with Crippen LogP contribution in [-0.2, 0) is 14.3 Å². The summed E-state index contributed by atoms with van der Waals surface area (Å²) < 4.78 is 5.47. The molecule has 0 aliphatic rings. The predicted molar refractivity (Wildman–Crippen MR) is 88.6 cm³/mol. The lowest BCUT2D eigenvalue weighted by Gasteiger charge is -2.30. The molecule has 5 N–H and O–H groups in total. The number of carbonyl (C=O) groups is 3. The Morgan fingerprint density at radius 2 is 1.57 bits per heavy atom. The van der Waals surface area contributed by atoms with Crippen molar-refractivity contribution in [3.05, 3.63) is 0 Å². The molecule has 0 aromatic rings. The highest BCUT2D eigenvalue weighted by Crippen LogP contribution is 2.23. The molecule has 0 bridgehead atoms. The van der Waals surface area contributed by atoms with E-state index in [-0.39, 0.29) is 5.78 Å². The largest absolute Gasteiger partial charge is 0.460 e. The second kappa shape index (κ2) is 8.29. The molecule has 2 atom stereocenters. The number of nitrogens with two attached hydrogens (primary N) is 2. The fourth-order valence-corrected chi connectivity index (χ4v) is 1.81. The Hall–Kier alpha value is -1.63. The number of amides is 2. The summed E-state index contributed by atoms with van der Waals surface area (Å²) in [6.45, 7) is 10.8. The Balaban J connectivity index is 4.95. The zero-order chi connectivity index (χ0) is 18.4. The zero-order valence-electron chi connectivity index (χ0n) is 15.1. The van der Waals surface area contributed by atoms with Crippen molar-refractivity contribution in [3.63, 3.8) is 0 Å². The van der Waals surface area contributed by atoms with E-state index in [2.05, 4.69) is 5.32 Å². The van der Waals surface area contributed by atoms with Crippen LogP contribution in [0.1, 0.15) is 54.4 Å². The summed E-state index contributed by atoms with van der Waals surface area (Å²) in [5.41, 5.74) is 9.73. The SMILES string of the molecule is CC(C)(C)C(=O)OC(CCCNC(N)=O)C(N)C(=O)C(C)(C)C. The highest BCUT2D eigenvalue weighted by Gasteiger charge is 2.36. The third kappa shape index (κ3) is 7.97. The van der Waals surface area contributed by atoms with Crippen molar-refractivity contribution in [2.45, 2.75) is 66.5 Å². The Morgan fingerprint density at radius 3 is 1.96 bits per heavy atom. The van der Waals surface area contributed by atoms with Crippen LogP contribution in [0.4, 0.5) is 4.79 Å². The number of Topliss-reactive ketones (excluding diaryl/α,β-unsaturated/α-hetero) is 1. The van der Waals surface area contributed by atoms with E-state index in [1.165, 1.54) is 0 Å². The van der Waals surface area contributed by atoms with Gasteiger partial charge in [-0.25, -0.2) is 4.79 Å². The first kappa shape index (κ1) is 21.4. The molecule has 0 fully saturated rings. The summed E-state index contributed by atoms with van der Waals surface area (Å²) in [6, 6.07) is -1.53. The van der Waals surface area contributed by atoms with Crippen LogP contribution in [0.15, 0.2) is 0 Å². The normalized spacial score (nSPS) is 14.7. The number of esters is 1. The van der Waals surface area contributed by atoms with Gasteiger partial charge in [0.1, 0.15) is 12.1 Å². The van der Waals surface area contributed by atoms with Gasteiger partial charge in [-0.1, -0.05) is 20.8 Å². The maximum absolute atomic E-state index is 12.4. The quantitative estimate of drug-likeness (QED) is 0.480. The van der Waals surface area contributed by atoms with Crippen LogP contribution in [0.2, 0.25) is 0 Å². The van der Waals surface area contributed by atoms with Crippen LogP contribution in [0.25, 0.3) is 0 Å². The van der Waals surface area contributed by atoms with E-state index in [0.717, 1.165) is 0 Å². The summed E-state index contributed by atoms with van der Waals surface area (Å²) in [6.07, 6.45) is 0.129. The molecule has 0 aromatic heterocycles. The van der Waals surface area contributed by atoms with E-state index >= 15 is 0 Å². The summed E-state index contributed by atoms with van der Waals surface area (Å²) in [5.74, 6) is -0.588. The number of rotatable bonds is 7. The average Bonchev–Trinajstić information content (AvgIpc) is 2.37. The number of hydrogen-bond acceptors (Lipinski definition) is 5. The summed E-state index contributed by atoms with van der Waals surface area (Å²) in [7, 11) is 0. The minimum absolute atomic E-state index is 0.174. The lowest BCUT2D eigenvalue weighted by atomic mass is 9.84. The topological polar surface area (TPSA) is 125 Å². The Kier molecular flexibility index (Phi) is 7.70. The molecule has 0 aliphatic heterocycles. The molecule has 23 heavy (non-hydrogen) atoms. The third-order valence-electron chi connectivity index (χ3n) is 3.28. The fourth-order valence-electron chi connectivity index (χ4n) is 1.81. The first-order valence-corrected chi connectivity index (χ1v) is 7.81.